The van der Waals surface area contributed by atoms with Crippen LogP contribution in [0.25, 0.3) is 0 Å². The molecule has 0 aromatic heterocycles. The molecule has 0 heterocycles. The van der Waals surface area contributed by atoms with Crippen LogP contribution >= 0.6 is 11.6 Å². The van der Waals surface area contributed by atoms with E-state index in [2.05, 4.69) is 0 Å². The zero-order chi connectivity index (χ0) is 35.3. The number of carbonyl (C=O) groups excluding carboxylic acids is 6. The molecule has 13 nitrogen and oxygen atoms in total. The lowest BCUT2D eigenvalue weighted by Crippen LogP contribution is -2.54. The van der Waals surface area contributed by atoms with Gasteiger partial charge in [0.15, 0.2) is 30.5 Å². The highest BCUT2D eigenvalue weighted by Gasteiger charge is 2.48. The highest BCUT2D eigenvalue weighted by molar-refractivity contribution is 6.31. The number of hydrogen-bond acceptors (Lipinski definition) is 13. The van der Waals surface area contributed by atoms with Crippen molar-refractivity contribution >= 4 is 47.4 Å². The Morgan fingerprint density at radius 2 is 1.17 bits per heavy atom. The van der Waals surface area contributed by atoms with Gasteiger partial charge in [-0.1, -0.05) is 35.9 Å². The maximum Gasteiger partial charge on any atom is 0.303 e. The fraction of sp³-hybridized carbons (Fsp3) is 0.455. The van der Waals surface area contributed by atoms with Crippen LogP contribution in [0.5, 0.6) is 5.75 Å². The van der Waals surface area contributed by atoms with E-state index in [-0.39, 0.29) is 5.56 Å². The minimum Gasteiger partial charge on any atom is -0.494 e. The summed E-state index contributed by atoms with van der Waals surface area (Å²) in [6, 6.07) is 12.0. The average molecular weight is 679 g/mol. The number of carbonyl (C=O) groups is 6. The van der Waals surface area contributed by atoms with Crippen molar-refractivity contribution in [2.45, 2.75) is 85.4 Å². The summed E-state index contributed by atoms with van der Waals surface area (Å²) < 4.78 is 38.2. The van der Waals surface area contributed by atoms with Gasteiger partial charge in [0.25, 0.3) is 0 Å². The van der Waals surface area contributed by atoms with Gasteiger partial charge in [-0.15, -0.1) is 0 Å². The van der Waals surface area contributed by atoms with Gasteiger partial charge in [0.05, 0.1) is 6.61 Å². The highest BCUT2D eigenvalue weighted by Crippen LogP contribution is 2.34. The second-order valence-corrected chi connectivity index (χ2v) is 10.7. The molecule has 2 aromatic rings. The van der Waals surface area contributed by atoms with Crippen LogP contribution in [-0.2, 0) is 63.6 Å². The third-order valence-electron chi connectivity index (χ3n) is 6.31. The lowest BCUT2D eigenvalue weighted by Gasteiger charge is -2.38. The predicted octanol–water partition coefficient (Wildman–Crippen LogP) is 4.22. The second-order valence-electron chi connectivity index (χ2n) is 10.3. The number of rotatable bonds is 16. The first-order valence-corrected chi connectivity index (χ1v) is 15.0. The van der Waals surface area contributed by atoms with E-state index in [0.717, 1.165) is 47.1 Å². The summed E-state index contributed by atoms with van der Waals surface area (Å²) in [4.78, 5) is 73.5. The van der Waals surface area contributed by atoms with E-state index in [9.17, 15) is 28.8 Å². The minimum absolute atomic E-state index is 0.263. The molecule has 0 aliphatic rings. The van der Waals surface area contributed by atoms with Crippen molar-refractivity contribution in [1.29, 1.82) is 0 Å². The van der Waals surface area contributed by atoms with Gasteiger partial charge < -0.3 is 33.2 Å². The van der Waals surface area contributed by atoms with Crippen LogP contribution in [0.4, 0.5) is 0 Å². The van der Waals surface area contributed by atoms with Crippen molar-refractivity contribution in [3.63, 3.8) is 0 Å². The number of hydrogen-bond donors (Lipinski definition) is 0. The van der Waals surface area contributed by atoms with Gasteiger partial charge in [-0.3, -0.25) is 28.8 Å². The van der Waals surface area contributed by atoms with Crippen molar-refractivity contribution < 1.29 is 61.9 Å². The average Bonchev–Trinajstić information content (AvgIpc) is 2.96. The molecular weight excluding hydrogens is 640 g/mol. The lowest BCUT2D eigenvalue weighted by atomic mass is 9.92. The highest BCUT2D eigenvalue weighted by atomic mass is 35.5. The molecule has 0 saturated heterocycles. The SMILES string of the molecule is CCOc1ccc(Cc2cc(C(OC(C)=O)[C@H](OC(C)=O)[C@@H](OC(C)=O)[C@H](OC(C)=O)C(COC(C)=O)OC(C)=O)ccc2Cl)cc1. The molecule has 47 heavy (non-hydrogen) atoms. The third kappa shape index (κ3) is 12.9. The molecule has 14 heteroatoms. The molecule has 0 aliphatic heterocycles. The van der Waals surface area contributed by atoms with Crippen molar-refractivity contribution in [3.8, 4) is 5.75 Å². The topological polar surface area (TPSA) is 167 Å². The number of esters is 6. The van der Waals surface area contributed by atoms with Crippen LogP contribution < -0.4 is 4.74 Å². The molecule has 0 bridgehead atoms. The quantitative estimate of drug-likeness (QED) is 0.183. The predicted molar refractivity (Wildman–Crippen MR) is 165 cm³/mol. The first-order valence-electron chi connectivity index (χ1n) is 14.6. The van der Waals surface area contributed by atoms with E-state index >= 15 is 0 Å². The minimum atomic E-state index is -1.77. The molecule has 2 aromatic carbocycles. The molecule has 5 atom stereocenters. The summed E-state index contributed by atoms with van der Waals surface area (Å²) in [5, 5.41) is 0.374. The molecule has 0 saturated carbocycles. The Morgan fingerprint density at radius 1 is 0.638 bits per heavy atom. The van der Waals surface area contributed by atoms with Gasteiger partial charge in [0, 0.05) is 46.6 Å². The summed E-state index contributed by atoms with van der Waals surface area (Å²) in [5.74, 6) is -4.47. The van der Waals surface area contributed by atoms with Crippen LogP contribution in [0, 0.1) is 0 Å². The molecule has 0 amide bonds. The Morgan fingerprint density at radius 3 is 1.68 bits per heavy atom. The molecular formula is C33H39ClO13. The summed E-state index contributed by atoms with van der Waals surface area (Å²) in [6.45, 7) is 8.13. The van der Waals surface area contributed by atoms with Gasteiger partial charge in [-0.05, 0) is 48.2 Å². The summed E-state index contributed by atoms with van der Waals surface area (Å²) in [6.07, 6.45) is -7.89. The molecule has 0 spiro atoms. The molecule has 0 N–H and O–H groups in total. The normalized spacial score (nSPS) is 13.9. The monoisotopic (exact) mass is 678 g/mol. The number of halogens is 1. The van der Waals surface area contributed by atoms with Gasteiger partial charge in [0.1, 0.15) is 12.4 Å². The van der Waals surface area contributed by atoms with E-state index in [1.54, 1.807) is 12.1 Å². The summed E-state index contributed by atoms with van der Waals surface area (Å²) in [5.41, 5.74) is 1.73. The Balaban J connectivity index is 2.75. The first-order chi connectivity index (χ1) is 22.1. The van der Waals surface area contributed by atoms with Gasteiger partial charge >= 0.3 is 35.8 Å². The van der Waals surface area contributed by atoms with Crippen molar-refractivity contribution in [2.75, 3.05) is 13.2 Å². The van der Waals surface area contributed by atoms with Gasteiger partial charge in [-0.2, -0.15) is 0 Å². The smallest absolute Gasteiger partial charge is 0.303 e. The zero-order valence-corrected chi connectivity index (χ0v) is 28.0. The number of benzene rings is 2. The second kappa shape index (κ2) is 18.5. The van der Waals surface area contributed by atoms with E-state index < -0.39 is 72.9 Å². The zero-order valence-electron chi connectivity index (χ0n) is 27.2. The Labute approximate surface area is 277 Å². The molecule has 2 unspecified atom stereocenters. The molecule has 0 radical (unpaired) electrons. The molecule has 256 valence electrons. The van der Waals surface area contributed by atoms with Crippen LogP contribution in [0.15, 0.2) is 42.5 Å². The molecule has 0 fully saturated rings. The van der Waals surface area contributed by atoms with Crippen LogP contribution in [-0.4, -0.2) is 73.4 Å². The Bertz CT molecular complexity index is 1420. The largest absolute Gasteiger partial charge is 0.494 e. The van der Waals surface area contributed by atoms with Crippen LogP contribution in [0.1, 0.15) is 71.3 Å². The fourth-order valence-corrected chi connectivity index (χ4v) is 4.85. The van der Waals surface area contributed by atoms with Crippen LogP contribution in [0.2, 0.25) is 5.02 Å². The summed E-state index contributed by atoms with van der Waals surface area (Å²) >= 11 is 6.56. The van der Waals surface area contributed by atoms with Gasteiger partial charge in [0.2, 0.25) is 0 Å². The maximum atomic E-state index is 12.5. The van der Waals surface area contributed by atoms with Crippen molar-refractivity contribution in [2.24, 2.45) is 0 Å². The summed E-state index contributed by atoms with van der Waals surface area (Å²) in [7, 11) is 0. The third-order valence-corrected chi connectivity index (χ3v) is 6.68. The van der Waals surface area contributed by atoms with E-state index in [0.29, 0.717) is 29.4 Å². The van der Waals surface area contributed by atoms with Crippen LogP contribution in [0.3, 0.4) is 0 Å². The first kappa shape index (κ1) is 38.5. The van der Waals surface area contributed by atoms with Crippen molar-refractivity contribution in [1.82, 2.24) is 0 Å². The number of ether oxygens (including phenoxy) is 7. The van der Waals surface area contributed by atoms with E-state index in [1.165, 1.54) is 6.07 Å². The molecule has 0 aliphatic carbocycles. The lowest BCUT2D eigenvalue weighted by molar-refractivity contribution is -0.214. The van der Waals surface area contributed by atoms with E-state index in [4.69, 9.17) is 44.8 Å². The Kier molecular flexibility index (Phi) is 15.2. The van der Waals surface area contributed by atoms with Crippen molar-refractivity contribution in [3.05, 3.63) is 64.2 Å². The molecule has 2 rings (SSSR count). The van der Waals surface area contributed by atoms with E-state index in [1.807, 2.05) is 31.2 Å². The standard InChI is InChI=1S/C33H39ClO13/c1-8-41-27-12-9-24(10-13-27)15-26-16-25(11-14-28(26)34)30(44-20(4)37)32(46-22(6)39)33(47-23(7)40)31(45-21(5)38)29(43-19(3)36)17-42-18(2)35/h9-14,16,29-33H,8,15,17H2,1-7H3/t29?,30?,31-,32+,33+/m1/s1. The fourth-order valence-electron chi connectivity index (χ4n) is 4.66. The van der Waals surface area contributed by atoms with Gasteiger partial charge in [-0.25, -0.2) is 0 Å². The maximum absolute atomic E-state index is 12.5. The Hall–Kier alpha value is -4.65.